The lowest BCUT2D eigenvalue weighted by Crippen LogP contribution is -2.47. The molecule has 2 rings (SSSR count). The minimum Gasteiger partial charge on any atom is -0.493 e. The summed E-state index contributed by atoms with van der Waals surface area (Å²) in [6.45, 7) is 6.92. The van der Waals surface area contributed by atoms with Gasteiger partial charge in [-0.25, -0.2) is 0 Å². The Bertz CT molecular complexity index is 460. The zero-order chi connectivity index (χ0) is 15.5. The number of hydrogen-bond donors (Lipinski definition) is 1. The van der Waals surface area contributed by atoms with Crippen LogP contribution in [-0.4, -0.2) is 41.1 Å². The average molecular weight is 295 g/mol. The standard InChI is InChI=1S/C16H25NO4/c1-11(17-8-16(2)9-21-10-16)12-6-13(18-3)15(20-5)14(7-12)19-4/h6-7,11,17H,8-10H2,1-5H3. The molecular formula is C16H25NO4. The van der Waals surface area contributed by atoms with Gasteiger partial charge in [-0.05, 0) is 24.6 Å². The van der Waals surface area contributed by atoms with Gasteiger partial charge in [0.2, 0.25) is 5.75 Å². The van der Waals surface area contributed by atoms with Crippen LogP contribution in [0, 0.1) is 5.41 Å². The molecule has 1 atom stereocenters. The third-order valence-corrected chi connectivity index (χ3v) is 3.92. The predicted octanol–water partition coefficient (Wildman–Crippen LogP) is 2.40. The van der Waals surface area contributed by atoms with Gasteiger partial charge in [0.25, 0.3) is 0 Å². The molecule has 1 aromatic rings. The second kappa shape index (κ2) is 6.54. The van der Waals surface area contributed by atoms with E-state index in [1.807, 2.05) is 12.1 Å². The molecule has 0 aliphatic carbocycles. The maximum atomic E-state index is 5.39. The molecule has 5 nitrogen and oxygen atoms in total. The summed E-state index contributed by atoms with van der Waals surface area (Å²) in [5.74, 6) is 1.98. The average Bonchev–Trinajstić information content (AvgIpc) is 2.48. The van der Waals surface area contributed by atoms with Crippen LogP contribution in [0.1, 0.15) is 25.5 Å². The first-order chi connectivity index (χ1) is 10.0. The zero-order valence-electron chi connectivity index (χ0n) is 13.5. The van der Waals surface area contributed by atoms with Crippen molar-refractivity contribution in [2.24, 2.45) is 5.41 Å². The van der Waals surface area contributed by atoms with Crippen molar-refractivity contribution in [3.8, 4) is 17.2 Å². The van der Waals surface area contributed by atoms with Crippen LogP contribution in [-0.2, 0) is 4.74 Å². The van der Waals surface area contributed by atoms with E-state index in [4.69, 9.17) is 18.9 Å². The summed E-state index contributed by atoms with van der Waals surface area (Å²) in [6, 6.07) is 4.16. The Morgan fingerprint density at radius 1 is 1.14 bits per heavy atom. The molecule has 0 aromatic heterocycles. The summed E-state index contributed by atoms with van der Waals surface area (Å²) in [5.41, 5.74) is 1.35. The van der Waals surface area contributed by atoms with Gasteiger partial charge >= 0.3 is 0 Å². The van der Waals surface area contributed by atoms with Crippen LogP contribution >= 0.6 is 0 Å². The van der Waals surface area contributed by atoms with Crippen molar-refractivity contribution in [2.45, 2.75) is 19.9 Å². The van der Waals surface area contributed by atoms with Crippen LogP contribution in [0.5, 0.6) is 17.2 Å². The quantitative estimate of drug-likeness (QED) is 0.837. The SMILES string of the molecule is COc1cc(C(C)NCC2(C)COC2)cc(OC)c1OC. The highest BCUT2D eigenvalue weighted by Crippen LogP contribution is 2.39. The second-order valence-corrected chi connectivity index (χ2v) is 5.86. The molecule has 1 N–H and O–H groups in total. The highest BCUT2D eigenvalue weighted by Gasteiger charge is 2.33. The number of hydrogen-bond acceptors (Lipinski definition) is 5. The van der Waals surface area contributed by atoms with Crippen molar-refractivity contribution >= 4 is 0 Å². The van der Waals surface area contributed by atoms with Crippen molar-refractivity contribution in [3.63, 3.8) is 0 Å². The first kappa shape index (κ1) is 15.9. The Kier molecular flexibility index (Phi) is 4.96. The molecule has 1 unspecified atom stereocenters. The van der Waals surface area contributed by atoms with Crippen LogP contribution in [0.25, 0.3) is 0 Å². The highest BCUT2D eigenvalue weighted by atomic mass is 16.5. The molecule has 0 amide bonds. The van der Waals surface area contributed by atoms with Gasteiger partial charge in [-0.3, -0.25) is 0 Å². The Morgan fingerprint density at radius 2 is 1.71 bits per heavy atom. The first-order valence-corrected chi connectivity index (χ1v) is 7.14. The van der Waals surface area contributed by atoms with Crippen molar-refractivity contribution in [1.82, 2.24) is 5.32 Å². The molecule has 0 saturated carbocycles. The third kappa shape index (κ3) is 3.41. The van der Waals surface area contributed by atoms with Gasteiger partial charge in [0.1, 0.15) is 0 Å². The summed E-state index contributed by atoms with van der Waals surface area (Å²) in [5, 5.41) is 3.55. The smallest absolute Gasteiger partial charge is 0.203 e. The van der Waals surface area contributed by atoms with Gasteiger partial charge in [-0.2, -0.15) is 0 Å². The van der Waals surface area contributed by atoms with Crippen molar-refractivity contribution in [1.29, 1.82) is 0 Å². The number of rotatable bonds is 7. The third-order valence-electron chi connectivity index (χ3n) is 3.92. The lowest BCUT2D eigenvalue weighted by molar-refractivity contribution is -0.0999. The molecule has 0 spiro atoms. The molecular weight excluding hydrogens is 270 g/mol. The fraction of sp³-hybridized carbons (Fsp3) is 0.625. The monoisotopic (exact) mass is 295 g/mol. The van der Waals surface area contributed by atoms with Crippen molar-refractivity contribution < 1.29 is 18.9 Å². The maximum Gasteiger partial charge on any atom is 0.203 e. The van der Waals surface area contributed by atoms with Crippen molar-refractivity contribution in [3.05, 3.63) is 17.7 Å². The number of nitrogens with one attached hydrogen (secondary N) is 1. The van der Waals surface area contributed by atoms with E-state index in [0.717, 1.165) is 25.3 Å². The van der Waals surface area contributed by atoms with Crippen LogP contribution in [0.4, 0.5) is 0 Å². The Morgan fingerprint density at radius 3 is 2.10 bits per heavy atom. The predicted molar refractivity (Wildman–Crippen MR) is 81.4 cm³/mol. The van der Waals surface area contributed by atoms with Gasteiger partial charge in [0.15, 0.2) is 11.5 Å². The van der Waals surface area contributed by atoms with Crippen LogP contribution in [0.3, 0.4) is 0 Å². The fourth-order valence-corrected chi connectivity index (χ4v) is 2.42. The second-order valence-electron chi connectivity index (χ2n) is 5.86. The zero-order valence-corrected chi connectivity index (χ0v) is 13.5. The summed E-state index contributed by atoms with van der Waals surface area (Å²) >= 11 is 0. The van der Waals surface area contributed by atoms with E-state index in [1.165, 1.54) is 0 Å². The molecule has 1 aliphatic heterocycles. The van der Waals surface area contributed by atoms with E-state index in [0.29, 0.717) is 17.2 Å². The summed E-state index contributed by atoms with van der Waals surface area (Å²) < 4.78 is 21.4. The molecule has 1 aliphatic rings. The summed E-state index contributed by atoms with van der Waals surface area (Å²) in [7, 11) is 4.87. The number of methoxy groups -OCH3 is 3. The normalized spacial score (nSPS) is 17.8. The van der Waals surface area contributed by atoms with E-state index in [-0.39, 0.29) is 11.5 Å². The number of ether oxygens (including phenoxy) is 4. The topological polar surface area (TPSA) is 49.0 Å². The summed E-state index contributed by atoms with van der Waals surface area (Å²) in [6.07, 6.45) is 0. The molecule has 1 aromatic carbocycles. The largest absolute Gasteiger partial charge is 0.493 e. The van der Waals surface area contributed by atoms with Crippen LogP contribution < -0.4 is 19.5 Å². The molecule has 0 bridgehead atoms. The van der Waals surface area contributed by atoms with Gasteiger partial charge < -0.3 is 24.3 Å². The molecule has 5 heteroatoms. The molecule has 1 saturated heterocycles. The minimum absolute atomic E-state index is 0.191. The fourth-order valence-electron chi connectivity index (χ4n) is 2.42. The molecule has 0 radical (unpaired) electrons. The minimum atomic E-state index is 0.191. The van der Waals surface area contributed by atoms with E-state index in [9.17, 15) is 0 Å². The Balaban J connectivity index is 2.14. The molecule has 21 heavy (non-hydrogen) atoms. The van der Waals surface area contributed by atoms with Crippen LogP contribution in [0.15, 0.2) is 12.1 Å². The van der Waals surface area contributed by atoms with Crippen molar-refractivity contribution in [2.75, 3.05) is 41.1 Å². The molecule has 1 heterocycles. The Labute approximate surface area is 126 Å². The summed E-state index contributed by atoms with van der Waals surface area (Å²) in [4.78, 5) is 0. The van der Waals surface area contributed by atoms with Gasteiger partial charge in [-0.15, -0.1) is 0 Å². The lowest BCUT2D eigenvalue weighted by Gasteiger charge is -2.39. The first-order valence-electron chi connectivity index (χ1n) is 7.14. The van der Waals surface area contributed by atoms with E-state index in [2.05, 4.69) is 19.2 Å². The van der Waals surface area contributed by atoms with Crippen LogP contribution in [0.2, 0.25) is 0 Å². The lowest BCUT2D eigenvalue weighted by atomic mass is 9.88. The van der Waals surface area contributed by atoms with E-state index >= 15 is 0 Å². The van der Waals surface area contributed by atoms with Gasteiger partial charge in [0, 0.05) is 18.0 Å². The van der Waals surface area contributed by atoms with E-state index < -0.39 is 0 Å². The van der Waals surface area contributed by atoms with Gasteiger partial charge in [-0.1, -0.05) is 6.92 Å². The van der Waals surface area contributed by atoms with Gasteiger partial charge in [0.05, 0.1) is 34.5 Å². The molecule has 118 valence electrons. The highest BCUT2D eigenvalue weighted by molar-refractivity contribution is 5.54. The maximum absolute atomic E-state index is 5.39. The Hall–Kier alpha value is -1.46. The van der Waals surface area contributed by atoms with E-state index in [1.54, 1.807) is 21.3 Å². The number of benzene rings is 1. The molecule has 1 fully saturated rings.